The number of aromatic nitrogens is 3. The molecule has 1 atom stereocenters. The van der Waals surface area contributed by atoms with Crippen molar-refractivity contribution in [2.45, 2.75) is 26.7 Å². The highest BCUT2D eigenvalue weighted by Crippen LogP contribution is 2.22. The Morgan fingerprint density at radius 2 is 1.96 bits per heavy atom. The zero-order chi connectivity index (χ0) is 16.4. The van der Waals surface area contributed by atoms with Crippen molar-refractivity contribution < 1.29 is 9.32 Å². The van der Waals surface area contributed by atoms with Crippen molar-refractivity contribution in [2.75, 3.05) is 6.54 Å². The number of hydrogen-bond acceptors (Lipinski definition) is 5. The highest BCUT2D eigenvalue weighted by molar-refractivity contribution is 5.97. The maximum atomic E-state index is 12.3. The van der Waals surface area contributed by atoms with Gasteiger partial charge in [-0.2, -0.15) is 0 Å². The highest BCUT2D eigenvalue weighted by Gasteiger charge is 2.17. The smallest absolute Gasteiger partial charge is 0.251 e. The number of nitrogens with zero attached hydrogens (tertiary/aromatic N) is 3. The molecule has 1 amide bonds. The molecule has 0 fully saturated rings. The number of benzene rings is 1. The maximum Gasteiger partial charge on any atom is 0.251 e. The van der Waals surface area contributed by atoms with Crippen LogP contribution in [-0.2, 0) is 0 Å². The van der Waals surface area contributed by atoms with Gasteiger partial charge in [0.2, 0.25) is 0 Å². The Bertz CT molecular complexity index is 837. The summed E-state index contributed by atoms with van der Waals surface area (Å²) in [6.07, 6.45) is 3.25. The van der Waals surface area contributed by atoms with Crippen molar-refractivity contribution in [2.24, 2.45) is 0 Å². The van der Waals surface area contributed by atoms with E-state index in [4.69, 9.17) is 4.52 Å². The van der Waals surface area contributed by atoms with Crippen LogP contribution >= 0.6 is 0 Å². The Morgan fingerprint density at radius 3 is 2.65 bits per heavy atom. The van der Waals surface area contributed by atoms with E-state index in [0.29, 0.717) is 17.6 Å². The summed E-state index contributed by atoms with van der Waals surface area (Å²) in [7, 11) is 0. The summed E-state index contributed by atoms with van der Waals surface area (Å²) in [5.41, 5.74) is 3.97. The Balaban J connectivity index is 1.71. The Labute approximate surface area is 133 Å². The van der Waals surface area contributed by atoms with Crippen molar-refractivity contribution in [1.29, 1.82) is 0 Å². The summed E-state index contributed by atoms with van der Waals surface area (Å²) in [4.78, 5) is 20.8. The monoisotopic (exact) mass is 310 g/mol. The number of carbonyl (C=O) groups excluding carboxylic acids is 1. The van der Waals surface area contributed by atoms with Gasteiger partial charge in [0.05, 0.1) is 16.7 Å². The van der Waals surface area contributed by atoms with Crippen LogP contribution in [0.4, 0.5) is 0 Å². The lowest BCUT2D eigenvalue weighted by molar-refractivity contribution is 0.0951. The molecule has 0 aliphatic rings. The lowest BCUT2D eigenvalue weighted by atomic mass is 9.99. The number of aryl methyl sites for hydroxylation is 2. The van der Waals surface area contributed by atoms with Crippen LogP contribution in [-0.4, -0.2) is 27.6 Å². The average Bonchev–Trinajstić information content (AvgIpc) is 2.90. The Morgan fingerprint density at radius 1 is 1.22 bits per heavy atom. The van der Waals surface area contributed by atoms with Crippen LogP contribution in [0.15, 0.2) is 35.1 Å². The largest absolute Gasteiger partial charge is 0.361 e. The fourth-order valence-electron chi connectivity index (χ4n) is 2.75. The molecule has 2 heterocycles. The first-order chi connectivity index (χ1) is 11.1. The van der Waals surface area contributed by atoms with Crippen LogP contribution in [0.2, 0.25) is 0 Å². The first-order valence-corrected chi connectivity index (χ1v) is 7.48. The molecule has 0 aliphatic heterocycles. The summed E-state index contributed by atoms with van der Waals surface area (Å²) in [6.45, 7) is 6.35. The highest BCUT2D eigenvalue weighted by atomic mass is 16.5. The van der Waals surface area contributed by atoms with Crippen LogP contribution in [0.1, 0.15) is 40.2 Å². The molecule has 23 heavy (non-hydrogen) atoms. The van der Waals surface area contributed by atoms with Crippen LogP contribution in [0.5, 0.6) is 0 Å². The number of hydrogen-bond donors (Lipinski definition) is 1. The van der Waals surface area contributed by atoms with Gasteiger partial charge in [0, 0.05) is 36.0 Å². The van der Waals surface area contributed by atoms with E-state index in [1.165, 1.54) is 0 Å². The predicted octanol–water partition coefficient (Wildman–Crippen LogP) is 2.77. The van der Waals surface area contributed by atoms with Crippen molar-refractivity contribution in [1.82, 2.24) is 20.4 Å². The topological polar surface area (TPSA) is 80.9 Å². The van der Waals surface area contributed by atoms with Gasteiger partial charge in [-0.25, -0.2) is 0 Å². The van der Waals surface area contributed by atoms with Crippen molar-refractivity contribution in [3.05, 3.63) is 53.2 Å². The van der Waals surface area contributed by atoms with Gasteiger partial charge in [-0.05, 0) is 32.0 Å². The average molecular weight is 310 g/mol. The second-order valence-electron chi connectivity index (χ2n) is 5.61. The van der Waals surface area contributed by atoms with Gasteiger partial charge in [-0.3, -0.25) is 14.8 Å². The lowest BCUT2D eigenvalue weighted by Gasteiger charge is -2.12. The molecule has 2 aromatic heterocycles. The molecular formula is C17H18N4O2. The van der Waals surface area contributed by atoms with Gasteiger partial charge in [-0.15, -0.1) is 0 Å². The Hall–Kier alpha value is -2.76. The van der Waals surface area contributed by atoms with Crippen molar-refractivity contribution in [3.63, 3.8) is 0 Å². The minimum Gasteiger partial charge on any atom is -0.361 e. The third kappa shape index (κ3) is 3.06. The summed E-state index contributed by atoms with van der Waals surface area (Å²) >= 11 is 0. The molecule has 0 radical (unpaired) electrons. The third-order valence-electron chi connectivity index (χ3n) is 3.88. The molecular weight excluding hydrogens is 292 g/mol. The standard InChI is InChI=1S/C17H18N4O2/c1-10(16-11(2)21-23-12(16)3)9-20-17(22)13-4-5-14-15(8-13)19-7-6-18-14/h4-8,10H,9H2,1-3H3,(H,20,22). The van der Waals surface area contributed by atoms with Gasteiger partial charge in [-0.1, -0.05) is 12.1 Å². The van der Waals surface area contributed by atoms with Gasteiger partial charge in [0.15, 0.2) is 0 Å². The molecule has 1 aromatic carbocycles. The fourth-order valence-corrected chi connectivity index (χ4v) is 2.75. The molecule has 0 spiro atoms. The van der Waals surface area contributed by atoms with Gasteiger partial charge < -0.3 is 9.84 Å². The van der Waals surface area contributed by atoms with E-state index < -0.39 is 0 Å². The number of fused-ring (bicyclic) bond motifs is 1. The zero-order valence-electron chi connectivity index (χ0n) is 13.3. The van der Waals surface area contributed by atoms with E-state index in [2.05, 4.69) is 20.4 Å². The molecule has 0 saturated carbocycles. The molecule has 118 valence electrons. The molecule has 1 unspecified atom stereocenters. The maximum absolute atomic E-state index is 12.3. The molecule has 1 N–H and O–H groups in total. The van der Waals surface area contributed by atoms with Gasteiger partial charge in [0.25, 0.3) is 5.91 Å². The summed E-state index contributed by atoms with van der Waals surface area (Å²) < 4.78 is 5.18. The van der Waals surface area contributed by atoms with Crippen LogP contribution < -0.4 is 5.32 Å². The first-order valence-electron chi connectivity index (χ1n) is 7.48. The van der Waals surface area contributed by atoms with E-state index in [1.54, 1.807) is 30.6 Å². The van der Waals surface area contributed by atoms with Crippen LogP contribution in [0, 0.1) is 13.8 Å². The second-order valence-corrected chi connectivity index (χ2v) is 5.61. The minimum atomic E-state index is -0.129. The van der Waals surface area contributed by atoms with E-state index in [-0.39, 0.29) is 11.8 Å². The van der Waals surface area contributed by atoms with Crippen molar-refractivity contribution in [3.8, 4) is 0 Å². The second kappa shape index (κ2) is 6.16. The number of carbonyl (C=O) groups is 1. The summed E-state index contributed by atoms with van der Waals surface area (Å²) in [6, 6.07) is 5.31. The molecule has 0 bridgehead atoms. The SMILES string of the molecule is Cc1noc(C)c1C(C)CNC(=O)c1ccc2nccnc2c1. The van der Waals surface area contributed by atoms with E-state index in [0.717, 1.165) is 22.5 Å². The molecule has 3 aromatic rings. The first kappa shape index (κ1) is 15.1. The zero-order valence-corrected chi connectivity index (χ0v) is 13.3. The normalized spacial score (nSPS) is 12.3. The lowest BCUT2D eigenvalue weighted by Crippen LogP contribution is -2.27. The number of amides is 1. The molecule has 6 nitrogen and oxygen atoms in total. The van der Waals surface area contributed by atoms with E-state index in [9.17, 15) is 4.79 Å². The number of rotatable bonds is 4. The minimum absolute atomic E-state index is 0.129. The molecule has 3 rings (SSSR count). The van der Waals surface area contributed by atoms with Gasteiger partial charge >= 0.3 is 0 Å². The Kier molecular flexibility index (Phi) is 4.06. The quantitative estimate of drug-likeness (QED) is 0.801. The van der Waals surface area contributed by atoms with E-state index in [1.807, 2.05) is 20.8 Å². The van der Waals surface area contributed by atoms with Crippen LogP contribution in [0.25, 0.3) is 11.0 Å². The summed E-state index contributed by atoms with van der Waals surface area (Å²) in [5.74, 6) is 0.798. The van der Waals surface area contributed by atoms with Crippen LogP contribution in [0.3, 0.4) is 0 Å². The number of nitrogens with one attached hydrogen (secondary N) is 1. The predicted molar refractivity (Wildman–Crippen MR) is 86.3 cm³/mol. The van der Waals surface area contributed by atoms with Crippen molar-refractivity contribution >= 4 is 16.9 Å². The molecule has 6 heteroatoms. The third-order valence-corrected chi connectivity index (χ3v) is 3.88. The van der Waals surface area contributed by atoms with E-state index >= 15 is 0 Å². The molecule has 0 aliphatic carbocycles. The summed E-state index contributed by atoms with van der Waals surface area (Å²) in [5, 5.41) is 6.90. The fraction of sp³-hybridized carbons (Fsp3) is 0.294. The van der Waals surface area contributed by atoms with Gasteiger partial charge in [0.1, 0.15) is 5.76 Å². The molecule has 0 saturated heterocycles.